The molecule has 0 saturated carbocycles. The molecule has 6 heteroatoms. The van der Waals surface area contributed by atoms with Crippen LogP contribution in [0.2, 0.25) is 0 Å². The maximum absolute atomic E-state index is 12.8. The van der Waals surface area contributed by atoms with Gasteiger partial charge in [-0.15, -0.1) is 0 Å². The summed E-state index contributed by atoms with van der Waals surface area (Å²) < 4.78 is 0. The van der Waals surface area contributed by atoms with Gasteiger partial charge in [0, 0.05) is 23.7 Å². The second kappa shape index (κ2) is 11.8. The molecule has 3 aromatic rings. The fourth-order valence-corrected chi connectivity index (χ4v) is 3.58. The van der Waals surface area contributed by atoms with Crippen molar-refractivity contribution in [3.63, 3.8) is 0 Å². The number of anilines is 2. The van der Waals surface area contributed by atoms with Gasteiger partial charge >= 0.3 is 0 Å². The van der Waals surface area contributed by atoms with Crippen LogP contribution in [0.4, 0.5) is 11.4 Å². The summed E-state index contributed by atoms with van der Waals surface area (Å²) >= 11 is 0. The SMILES string of the molecule is CCC(CC)C(=O)Nc1ccc(C(=O)Nc2ccccc2C(=O)NCc2ccc(C)cc2)cc1. The Balaban J connectivity index is 1.64. The van der Waals surface area contributed by atoms with Gasteiger partial charge in [-0.05, 0) is 61.7 Å². The van der Waals surface area contributed by atoms with Gasteiger partial charge in [-0.3, -0.25) is 14.4 Å². The summed E-state index contributed by atoms with van der Waals surface area (Å²) in [5.74, 6) is -0.656. The second-order valence-corrected chi connectivity index (χ2v) is 8.25. The fraction of sp³-hybridized carbons (Fsp3) is 0.250. The van der Waals surface area contributed by atoms with Gasteiger partial charge in [0.25, 0.3) is 11.8 Å². The van der Waals surface area contributed by atoms with E-state index in [4.69, 9.17) is 0 Å². The molecule has 3 N–H and O–H groups in total. The Morgan fingerprint density at radius 3 is 2.06 bits per heavy atom. The van der Waals surface area contributed by atoms with E-state index in [9.17, 15) is 14.4 Å². The van der Waals surface area contributed by atoms with Crippen LogP contribution in [0.3, 0.4) is 0 Å². The number of rotatable bonds is 9. The van der Waals surface area contributed by atoms with Crippen LogP contribution in [0, 0.1) is 12.8 Å². The van der Waals surface area contributed by atoms with Crippen molar-refractivity contribution < 1.29 is 14.4 Å². The Hall–Kier alpha value is -3.93. The zero-order chi connectivity index (χ0) is 24.5. The Kier molecular flexibility index (Phi) is 8.57. The number of nitrogens with one attached hydrogen (secondary N) is 3. The molecule has 0 atom stereocenters. The van der Waals surface area contributed by atoms with Crippen LogP contribution in [-0.2, 0) is 11.3 Å². The van der Waals surface area contributed by atoms with E-state index in [2.05, 4.69) is 16.0 Å². The van der Waals surface area contributed by atoms with Gasteiger partial charge < -0.3 is 16.0 Å². The molecular weight excluding hydrogens is 426 g/mol. The van der Waals surface area contributed by atoms with Gasteiger partial charge in [-0.1, -0.05) is 55.8 Å². The molecule has 0 aliphatic heterocycles. The first-order valence-electron chi connectivity index (χ1n) is 11.6. The molecule has 0 fully saturated rings. The van der Waals surface area contributed by atoms with E-state index in [1.165, 1.54) is 0 Å². The first-order valence-corrected chi connectivity index (χ1v) is 11.6. The number of aryl methyl sites for hydroxylation is 1. The van der Waals surface area contributed by atoms with Gasteiger partial charge in [0.05, 0.1) is 11.3 Å². The molecule has 3 rings (SSSR count). The Bertz CT molecular complexity index is 1130. The van der Waals surface area contributed by atoms with Crippen molar-refractivity contribution in [2.24, 2.45) is 5.92 Å². The van der Waals surface area contributed by atoms with Crippen molar-refractivity contribution in [2.45, 2.75) is 40.2 Å². The molecule has 6 nitrogen and oxygen atoms in total. The van der Waals surface area contributed by atoms with Gasteiger partial charge in [0.1, 0.15) is 0 Å². The number of carbonyl (C=O) groups is 3. The summed E-state index contributed by atoms with van der Waals surface area (Å²) in [5, 5.41) is 8.62. The zero-order valence-corrected chi connectivity index (χ0v) is 19.9. The van der Waals surface area contributed by atoms with Gasteiger partial charge in [0.15, 0.2) is 0 Å². The third kappa shape index (κ3) is 6.54. The van der Waals surface area contributed by atoms with Gasteiger partial charge in [-0.25, -0.2) is 0 Å². The summed E-state index contributed by atoms with van der Waals surface area (Å²) in [7, 11) is 0. The molecule has 34 heavy (non-hydrogen) atoms. The van der Waals surface area contributed by atoms with Crippen molar-refractivity contribution in [1.82, 2.24) is 5.32 Å². The number of amides is 3. The number of carbonyl (C=O) groups excluding carboxylic acids is 3. The molecule has 3 aromatic carbocycles. The molecule has 0 spiro atoms. The highest BCUT2D eigenvalue weighted by atomic mass is 16.2. The number of hydrogen-bond donors (Lipinski definition) is 3. The minimum atomic E-state index is -0.336. The lowest BCUT2D eigenvalue weighted by atomic mass is 10.0. The maximum Gasteiger partial charge on any atom is 0.255 e. The molecule has 0 aliphatic rings. The van der Waals surface area contributed by atoms with Crippen molar-refractivity contribution >= 4 is 29.1 Å². The van der Waals surface area contributed by atoms with E-state index in [0.717, 1.165) is 24.0 Å². The molecule has 176 valence electrons. The average Bonchev–Trinajstić information content (AvgIpc) is 2.85. The molecule has 0 radical (unpaired) electrons. The third-order valence-corrected chi connectivity index (χ3v) is 5.76. The van der Waals surface area contributed by atoms with E-state index in [1.807, 2.05) is 45.0 Å². The number of para-hydroxylation sites is 1. The Labute approximate surface area is 200 Å². The summed E-state index contributed by atoms with van der Waals surface area (Å²) in [5.41, 5.74) is 4.04. The highest BCUT2D eigenvalue weighted by Crippen LogP contribution is 2.18. The minimum Gasteiger partial charge on any atom is -0.348 e. The second-order valence-electron chi connectivity index (χ2n) is 8.25. The summed E-state index contributed by atoms with van der Waals surface area (Å²) in [6, 6.07) is 21.5. The van der Waals surface area contributed by atoms with Crippen LogP contribution in [0.25, 0.3) is 0 Å². The first kappa shape index (κ1) is 24.7. The van der Waals surface area contributed by atoms with E-state index >= 15 is 0 Å². The smallest absolute Gasteiger partial charge is 0.255 e. The predicted octanol–water partition coefficient (Wildman–Crippen LogP) is 5.55. The van der Waals surface area contributed by atoms with Crippen molar-refractivity contribution in [1.29, 1.82) is 0 Å². The van der Waals surface area contributed by atoms with Gasteiger partial charge in [-0.2, -0.15) is 0 Å². The van der Waals surface area contributed by atoms with Crippen molar-refractivity contribution in [2.75, 3.05) is 10.6 Å². The van der Waals surface area contributed by atoms with E-state index in [1.54, 1.807) is 48.5 Å². The highest BCUT2D eigenvalue weighted by Gasteiger charge is 2.16. The molecule has 0 heterocycles. The lowest BCUT2D eigenvalue weighted by Crippen LogP contribution is -2.25. The summed E-state index contributed by atoms with van der Waals surface area (Å²) in [6.45, 7) is 6.38. The predicted molar refractivity (Wildman–Crippen MR) is 136 cm³/mol. The molecule has 0 bridgehead atoms. The topological polar surface area (TPSA) is 87.3 Å². The van der Waals surface area contributed by atoms with Gasteiger partial charge in [0.2, 0.25) is 5.91 Å². The molecule has 0 aliphatic carbocycles. The van der Waals surface area contributed by atoms with Crippen LogP contribution >= 0.6 is 0 Å². The largest absolute Gasteiger partial charge is 0.348 e. The quantitative estimate of drug-likeness (QED) is 0.394. The zero-order valence-electron chi connectivity index (χ0n) is 19.9. The summed E-state index contributed by atoms with van der Waals surface area (Å²) in [4.78, 5) is 37.8. The Morgan fingerprint density at radius 1 is 0.765 bits per heavy atom. The fourth-order valence-electron chi connectivity index (χ4n) is 3.58. The van der Waals surface area contributed by atoms with E-state index in [0.29, 0.717) is 29.0 Å². The first-order chi connectivity index (χ1) is 16.4. The molecule has 3 amide bonds. The lowest BCUT2D eigenvalue weighted by Gasteiger charge is -2.14. The van der Waals surface area contributed by atoms with Crippen LogP contribution in [0.15, 0.2) is 72.8 Å². The summed E-state index contributed by atoms with van der Waals surface area (Å²) in [6.07, 6.45) is 1.56. The normalized spacial score (nSPS) is 10.6. The standard InChI is InChI=1S/C28H31N3O3/c1-4-21(5-2)26(32)30-23-16-14-22(15-17-23)27(33)31-25-9-7-6-8-24(25)28(34)29-18-20-12-10-19(3)11-13-20/h6-17,21H,4-5,18H2,1-3H3,(H,29,34)(H,30,32)(H,31,33). The average molecular weight is 458 g/mol. The van der Waals surface area contributed by atoms with Crippen LogP contribution < -0.4 is 16.0 Å². The molecule has 0 aromatic heterocycles. The number of benzene rings is 3. The van der Waals surface area contributed by atoms with Crippen LogP contribution in [0.1, 0.15) is 58.5 Å². The third-order valence-electron chi connectivity index (χ3n) is 5.76. The van der Waals surface area contributed by atoms with E-state index in [-0.39, 0.29) is 23.6 Å². The number of hydrogen-bond acceptors (Lipinski definition) is 3. The van der Waals surface area contributed by atoms with Crippen molar-refractivity contribution in [3.8, 4) is 0 Å². The Morgan fingerprint density at radius 2 is 1.41 bits per heavy atom. The van der Waals surface area contributed by atoms with Crippen LogP contribution in [-0.4, -0.2) is 17.7 Å². The maximum atomic E-state index is 12.8. The van der Waals surface area contributed by atoms with Crippen molar-refractivity contribution in [3.05, 3.63) is 95.1 Å². The molecule has 0 saturated heterocycles. The monoisotopic (exact) mass is 457 g/mol. The molecule has 0 unspecified atom stereocenters. The highest BCUT2D eigenvalue weighted by molar-refractivity contribution is 6.09. The molecular formula is C28H31N3O3. The lowest BCUT2D eigenvalue weighted by molar-refractivity contribution is -0.120. The van der Waals surface area contributed by atoms with E-state index < -0.39 is 0 Å². The minimum absolute atomic E-state index is 0.0206. The van der Waals surface area contributed by atoms with Crippen LogP contribution in [0.5, 0.6) is 0 Å².